The lowest BCUT2D eigenvalue weighted by atomic mass is 10.1. The highest BCUT2D eigenvalue weighted by Crippen LogP contribution is 2.31. The summed E-state index contributed by atoms with van der Waals surface area (Å²) in [6.45, 7) is 0. The van der Waals surface area contributed by atoms with Crippen molar-refractivity contribution in [2.24, 2.45) is 0 Å². The zero-order valence-corrected chi connectivity index (χ0v) is 11.2. The van der Waals surface area contributed by atoms with Crippen LogP contribution in [0.2, 0.25) is 0 Å². The van der Waals surface area contributed by atoms with Crippen LogP contribution in [0.3, 0.4) is 0 Å². The van der Waals surface area contributed by atoms with Gasteiger partial charge in [0.1, 0.15) is 11.4 Å². The van der Waals surface area contributed by atoms with Crippen LogP contribution < -0.4 is 15.9 Å². The van der Waals surface area contributed by atoms with Crippen molar-refractivity contribution >= 4 is 16.7 Å². The Bertz CT molecular complexity index is 886. The first kappa shape index (κ1) is 13.2. The minimum absolute atomic E-state index is 0.0266. The summed E-state index contributed by atoms with van der Waals surface area (Å²) in [6, 6.07) is 10.5. The Kier molecular flexibility index (Phi) is 3.10. The van der Waals surface area contributed by atoms with Gasteiger partial charge >= 0.3 is 0 Å². The lowest BCUT2D eigenvalue weighted by molar-refractivity contribution is 0.398. The van der Waals surface area contributed by atoms with Gasteiger partial charge in [0.15, 0.2) is 5.76 Å². The number of nitrogen functional groups attached to an aromatic ring is 1. The molecule has 2 N–H and O–H groups in total. The lowest BCUT2D eigenvalue weighted by Gasteiger charge is -2.09. The fourth-order valence-electron chi connectivity index (χ4n) is 2.20. The maximum atomic E-state index is 13.4. The highest BCUT2D eigenvalue weighted by atomic mass is 19.1. The number of ether oxygens (including phenoxy) is 1. The summed E-state index contributed by atoms with van der Waals surface area (Å²) in [6.07, 6.45) is 0. The van der Waals surface area contributed by atoms with E-state index in [1.54, 1.807) is 18.2 Å². The number of nitrogens with two attached hydrogens (primary N) is 1. The summed E-state index contributed by atoms with van der Waals surface area (Å²) in [7, 11) is 1.37. The number of halogens is 1. The van der Waals surface area contributed by atoms with E-state index in [-0.39, 0.29) is 16.9 Å². The van der Waals surface area contributed by atoms with Crippen LogP contribution in [-0.2, 0) is 0 Å². The van der Waals surface area contributed by atoms with Gasteiger partial charge in [-0.25, -0.2) is 4.39 Å². The van der Waals surface area contributed by atoms with Gasteiger partial charge in [-0.1, -0.05) is 12.1 Å². The molecule has 1 aromatic heterocycles. The Labute approximate surface area is 119 Å². The summed E-state index contributed by atoms with van der Waals surface area (Å²) >= 11 is 0. The summed E-state index contributed by atoms with van der Waals surface area (Å²) in [4.78, 5) is 12.5. The molecule has 0 atom stereocenters. The molecule has 106 valence electrons. The van der Waals surface area contributed by atoms with Gasteiger partial charge < -0.3 is 14.9 Å². The van der Waals surface area contributed by atoms with Gasteiger partial charge in [-0.05, 0) is 30.3 Å². The van der Waals surface area contributed by atoms with E-state index in [1.165, 1.54) is 31.4 Å². The fourth-order valence-corrected chi connectivity index (χ4v) is 2.20. The van der Waals surface area contributed by atoms with Crippen LogP contribution in [0.15, 0.2) is 51.7 Å². The Morgan fingerprint density at radius 1 is 1.19 bits per heavy atom. The largest absolute Gasteiger partial charge is 0.490 e. The van der Waals surface area contributed by atoms with Gasteiger partial charge in [0.25, 0.3) is 0 Å². The number of fused-ring (bicyclic) bond motifs is 1. The van der Waals surface area contributed by atoms with Crippen molar-refractivity contribution in [3.05, 3.63) is 58.5 Å². The normalized spacial score (nSPS) is 10.8. The number of methoxy groups -OCH3 is 1. The van der Waals surface area contributed by atoms with Crippen molar-refractivity contribution < 1.29 is 13.5 Å². The molecule has 0 aliphatic heterocycles. The van der Waals surface area contributed by atoms with Crippen molar-refractivity contribution in [2.45, 2.75) is 0 Å². The first-order valence-electron chi connectivity index (χ1n) is 6.26. The summed E-state index contributed by atoms with van der Waals surface area (Å²) in [5.41, 5.74) is 6.60. The van der Waals surface area contributed by atoms with Crippen LogP contribution in [0.1, 0.15) is 0 Å². The molecular weight excluding hydrogens is 273 g/mol. The molecule has 21 heavy (non-hydrogen) atoms. The van der Waals surface area contributed by atoms with E-state index in [0.29, 0.717) is 22.2 Å². The highest BCUT2D eigenvalue weighted by Gasteiger charge is 2.17. The summed E-state index contributed by atoms with van der Waals surface area (Å²) < 4.78 is 24.2. The van der Waals surface area contributed by atoms with E-state index in [0.717, 1.165) is 0 Å². The molecule has 0 aliphatic carbocycles. The van der Waals surface area contributed by atoms with E-state index >= 15 is 0 Å². The zero-order chi connectivity index (χ0) is 15.0. The second-order valence-corrected chi connectivity index (χ2v) is 4.56. The van der Waals surface area contributed by atoms with Crippen molar-refractivity contribution in [1.82, 2.24) is 0 Å². The smallest absolute Gasteiger partial charge is 0.235 e. The average molecular weight is 285 g/mol. The molecule has 0 spiro atoms. The van der Waals surface area contributed by atoms with Gasteiger partial charge in [-0.15, -0.1) is 0 Å². The van der Waals surface area contributed by atoms with Crippen LogP contribution in [0.5, 0.6) is 5.75 Å². The molecule has 0 bridgehead atoms. The van der Waals surface area contributed by atoms with Gasteiger partial charge in [0.05, 0.1) is 12.5 Å². The topological polar surface area (TPSA) is 65.5 Å². The molecule has 0 radical (unpaired) electrons. The van der Waals surface area contributed by atoms with E-state index < -0.39 is 5.82 Å². The fraction of sp³-hybridized carbons (Fsp3) is 0.0625. The number of anilines is 1. The molecule has 0 saturated carbocycles. The molecular formula is C16H12FNO3. The zero-order valence-electron chi connectivity index (χ0n) is 11.2. The second-order valence-electron chi connectivity index (χ2n) is 4.56. The Morgan fingerprint density at radius 3 is 2.71 bits per heavy atom. The number of benzene rings is 2. The third-order valence-electron chi connectivity index (χ3n) is 3.16. The maximum absolute atomic E-state index is 13.4. The van der Waals surface area contributed by atoms with Crippen molar-refractivity contribution in [3.8, 4) is 17.1 Å². The number of hydrogen-bond donors (Lipinski definition) is 1. The third kappa shape index (κ3) is 2.23. The van der Waals surface area contributed by atoms with Crippen molar-refractivity contribution in [1.29, 1.82) is 0 Å². The molecule has 3 rings (SSSR count). The maximum Gasteiger partial charge on any atom is 0.235 e. The average Bonchev–Trinajstić information content (AvgIpc) is 2.48. The Hall–Kier alpha value is -2.82. The van der Waals surface area contributed by atoms with Gasteiger partial charge in [-0.2, -0.15) is 0 Å². The highest BCUT2D eigenvalue weighted by molar-refractivity contribution is 5.84. The Morgan fingerprint density at radius 2 is 2.00 bits per heavy atom. The SMILES string of the molecule is COc1c(-c2cccc(F)c2)oc2ccc(N)cc2c1=O. The lowest BCUT2D eigenvalue weighted by Crippen LogP contribution is -2.08. The van der Waals surface area contributed by atoms with Gasteiger partial charge in [0, 0.05) is 11.3 Å². The number of hydrogen-bond acceptors (Lipinski definition) is 4. The standard InChI is InChI=1S/C16H12FNO3/c1-20-16-14(19)12-8-11(18)5-6-13(12)21-15(16)9-3-2-4-10(17)7-9/h2-8H,18H2,1H3. The van der Waals surface area contributed by atoms with E-state index in [9.17, 15) is 9.18 Å². The van der Waals surface area contributed by atoms with Crippen LogP contribution in [0.4, 0.5) is 10.1 Å². The molecule has 0 saturated heterocycles. The van der Waals surface area contributed by atoms with E-state index in [2.05, 4.69) is 0 Å². The first-order valence-corrected chi connectivity index (χ1v) is 6.26. The predicted molar refractivity (Wildman–Crippen MR) is 78.8 cm³/mol. The molecule has 0 aliphatic rings. The minimum atomic E-state index is -0.422. The van der Waals surface area contributed by atoms with E-state index in [4.69, 9.17) is 14.9 Å². The molecule has 1 heterocycles. The molecule has 3 aromatic rings. The quantitative estimate of drug-likeness (QED) is 0.734. The molecule has 5 heteroatoms. The summed E-state index contributed by atoms with van der Waals surface area (Å²) in [5.74, 6) is -0.201. The molecule has 0 unspecified atom stereocenters. The van der Waals surface area contributed by atoms with E-state index in [1.807, 2.05) is 0 Å². The third-order valence-corrected chi connectivity index (χ3v) is 3.16. The second kappa shape index (κ2) is 4.94. The molecule has 0 fully saturated rings. The minimum Gasteiger partial charge on any atom is -0.490 e. The van der Waals surface area contributed by atoms with Gasteiger partial charge in [-0.3, -0.25) is 4.79 Å². The van der Waals surface area contributed by atoms with Gasteiger partial charge in [0.2, 0.25) is 11.2 Å². The van der Waals surface area contributed by atoms with Crippen LogP contribution in [-0.4, -0.2) is 7.11 Å². The molecule has 0 amide bonds. The monoisotopic (exact) mass is 285 g/mol. The van der Waals surface area contributed by atoms with Crippen molar-refractivity contribution in [3.63, 3.8) is 0 Å². The first-order chi connectivity index (χ1) is 10.1. The predicted octanol–water partition coefficient (Wildman–Crippen LogP) is 3.19. The molecule has 2 aromatic carbocycles. The number of rotatable bonds is 2. The summed E-state index contributed by atoms with van der Waals surface area (Å²) in [5, 5.41) is 0.326. The molecule has 4 nitrogen and oxygen atoms in total. The van der Waals surface area contributed by atoms with Crippen LogP contribution >= 0.6 is 0 Å². The Balaban J connectivity index is 2.38. The van der Waals surface area contributed by atoms with Crippen LogP contribution in [0, 0.1) is 5.82 Å². The van der Waals surface area contributed by atoms with Crippen molar-refractivity contribution in [2.75, 3.05) is 12.8 Å². The van der Waals surface area contributed by atoms with Crippen LogP contribution in [0.25, 0.3) is 22.3 Å².